The third-order valence-corrected chi connectivity index (χ3v) is 5.26. The van der Waals surface area contributed by atoms with E-state index in [4.69, 9.17) is 5.73 Å². The highest BCUT2D eigenvalue weighted by Gasteiger charge is 2.22. The molecule has 146 valence electrons. The minimum Gasteiger partial charge on any atom is -0.508 e. The predicted octanol–water partition coefficient (Wildman–Crippen LogP) is 3.89. The molecule has 0 radical (unpaired) electrons. The van der Waals surface area contributed by atoms with Crippen molar-refractivity contribution in [3.8, 4) is 16.9 Å². The quantitative estimate of drug-likeness (QED) is 0.685. The summed E-state index contributed by atoms with van der Waals surface area (Å²) >= 11 is 0. The van der Waals surface area contributed by atoms with Gasteiger partial charge in [-0.25, -0.2) is 0 Å². The summed E-state index contributed by atoms with van der Waals surface area (Å²) < 4.78 is 2.15. The number of nitrogens with two attached hydrogens (primary N) is 1. The van der Waals surface area contributed by atoms with E-state index in [1.54, 1.807) is 12.1 Å². The van der Waals surface area contributed by atoms with Crippen molar-refractivity contribution in [3.05, 3.63) is 71.0 Å². The Labute approximate surface area is 166 Å². The molecule has 0 saturated heterocycles. The van der Waals surface area contributed by atoms with Gasteiger partial charge in [0, 0.05) is 43.3 Å². The molecule has 0 bridgehead atoms. The standard InChI is InChI=1S/C23H27N3O2/c1-15-21(18-7-9-19(10-8-18)25(3)4)22(23(24)28)16(2)26(15)14-13-17-5-11-20(27)12-6-17/h5-12,27H,13-14H2,1-4H3,(H2,24,28). The largest absolute Gasteiger partial charge is 0.508 e. The first-order valence-corrected chi connectivity index (χ1v) is 9.34. The predicted molar refractivity (Wildman–Crippen MR) is 114 cm³/mol. The summed E-state index contributed by atoms with van der Waals surface area (Å²) in [4.78, 5) is 14.3. The van der Waals surface area contributed by atoms with Crippen molar-refractivity contribution in [2.24, 2.45) is 5.73 Å². The fourth-order valence-corrected chi connectivity index (χ4v) is 3.70. The average Bonchev–Trinajstić information content (AvgIpc) is 2.92. The van der Waals surface area contributed by atoms with Gasteiger partial charge in [-0.2, -0.15) is 0 Å². The van der Waals surface area contributed by atoms with Gasteiger partial charge in [0.2, 0.25) is 0 Å². The highest BCUT2D eigenvalue weighted by atomic mass is 16.3. The van der Waals surface area contributed by atoms with Gasteiger partial charge < -0.3 is 20.3 Å². The summed E-state index contributed by atoms with van der Waals surface area (Å²) in [5.41, 5.74) is 12.4. The third-order valence-electron chi connectivity index (χ3n) is 5.26. The van der Waals surface area contributed by atoms with E-state index in [1.165, 1.54) is 0 Å². The van der Waals surface area contributed by atoms with Crippen molar-refractivity contribution in [1.29, 1.82) is 0 Å². The van der Waals surface area contributed by atoms with Crippen molar-refractivity contribution in [2.75, 3.05) is 19.0 Å². The Morgan fingerprint density at radius 1 is 1.00 bits per heavy atom. The van der Waals surface area contributed by atoms with Crippen molar-refractivity contribution in [2.45, 2.75) is 26.8 Å². The van der Waals surface area contributed by atoms with Crippen LogP contribution in [0.1, 0.15) is 27.3 Å². The zero-order chi connectivity index (χ0) is 20.4. The number of rotatable bonds is 6. The fourth-order valence-electron chi connectivity index (χ4n) is 3.70. The van der Waals surface area contributed by atoms with E-state index in [0.29, 0.717) is 5.56 Å². The number of hydrogen-bond donors (Lipinski definition) is 2. The van der Waals surface area contributed by atoms with Crippen LogP contribution in [-0.2, 0) is 13.0 Å². The van der Waals surface area contributed by atoms with Gasteiger partial charge in [0.1, 0.15) is 5.75 Å². The number of aromatic nitrogens is 1. The molecule has 5 heteroatoms. The monoisotopic (exact) mass is 377 g/mol. The molecular weight excluding hydrogens is 350 g/mol. The minimum atomic E-state index is -0.407. The molecule has 0 fully saturated rings. The topological polar surface area (TPSA) is 71.5 Å². The number of carbonyl (C=O) groups excluding carboxylic acids is 1. The number of primary amides is 1. The van der Waals surface area contributed by atoms with Crippen LogP contribution < -0.4 is 10.6 Å². The van der Waals surface area contributed by atoms with Crippen LogP contribution in [0.3, 0.4) is 0 Å². The third kappa shape index (κ3) is 3.74. The second kappa shape index (κ2) is 7.80. The zero-order valence-electron chi connectivity index (χ0n) is 16.9. The molecule has 0 spiro atoms. The number of hydrogen-bond acceptors (Lipinski definition) is 3. The normalized spacial score (nSPS) is 10.9. The summed E-state index contributed by atoms with van der Waals surface area (Å²) in [7, 11) is 4.00. The lowest BCUT2D eigenvalue weighted by molar-refractivity contribution is 0.1000. The molecule has 1 amide bonds. The number of amides is 1. The molecule has 0 aliphatic rings. The second-order valence-corrected chi connectivity index (χ2v) is 7.29. The highest BCUT2D eigenvalue weighted by molar-refractivity contribution is 6.02. The molecule has 5 nitrogen and oxygen atoms in total. The lowest BCUT2D eigenvalue weighted by atomic mass is 10.00. The van der Waals surface area contributed by atoms with E-state index < -0.39 is 5.91 Å². The molecule has 0 saturated carbocycles. The maximum atomic E-state index is 12.2. The van der Waals surface area contributed by atoms with Crippen molar-refractivity contribution < 1.29 is 9.90 Å². The van der Waals surface area contributed by atoms with Crippen LogP contribution in [0.15, 0.2) is 48.5 Å². The fraction of sp³-hybridized carbons (Fsp3) is 0.261. The molecule has 1 heterocycles. The van der Waals surface area contributed by atoms with Gasteiger partial charge in [-0.1, -0.05) is 24.3 Å². The number of phenols is 1. The van der Waals surface area contributed by atoms with Crippen LogP contribution in [-0.4, -0.2) is 29.7 Å². The van der Waals surface area contributed by atoms with Gasteiger partial charge in [0.05, 0.1) is 5.56 Å². The molecule has 28 heavy (non-hydrogen) atoms. The number of aromatic hydroxyl groups is 1. The van der Waals surface area contributed by atoms with E-state index in [2.05, 4.69) is 4.57 Å². The Bertz CT molecular complexity index is 984. The first kappa shape index (κ1) is 19.5. The highest BCUT2D eigenvalue weighted by Crippen LogP contribution is 2.33. The van der Waals surface area contributed by atoms with Crippen LogP contribution in [0.5, 0.6) is 5.75 Å². The van der Waals surface area contributed by atoms with E-state index >= 15 is 0 Å². The molecule has 2 aromatic carbocycles. The Morgan fingerprint density at radius 2 is 1.61 bits per heavy atom. The molecule has 0 aliphatic heterocycles. The van der Waals surface area contributed by atoms with E-state index in [0.717, 1.165) is 46.7 Å². The van der Waals surface area contributed by atoms with Gasteiger partial charge in [0.15, 0.2) is 0 Å². The maximum absolute atomic E-state index is 12.2. The lowest BCUT2D eigenvalue weighted by Gasteiger charge is -2.13. The first-order chi connectivity index (χ1) is 13.3. The Balaban J connectivity index is 1.99. The van der Waals surface area contributed by atoms with Crippen LogP contribution in [0, 0.1) is 13.8 Å². The smallest absolute Gasteiger partial charge is 0.251 e. The van der Waals surface area contributed by atoms with Gasteiger partial charge in [-0.15, -0.1) is 0 Å². The summed E-state index contributed by atoms with van der Waals surface area (Å²) in [6.07, 6.45) is 0.799. The summed E-state index contributed by atoms with van der Waals surface area (Å²) in [5.74, 6) is -0.146. The summed E-state index contributed by atoms with van der Waals surface area (Å²) in [5, 5.41) is 9.45. The van der Waals surface area contributed by atoms with Crippen LogP contribution in [0.4, 0.5) is 5.69 Å². The van der Waals surface area contributed by atoms with Crippen LogP contribution >= 0.6 is 0 Å². The number of nitrogens with zero attached hydrogens (tertiary/aromatic N) is 2. The second-order valence-electron chi connectivity index (χ2n) is 7.29. The van der Waals surface area contributed by atoms with Gasteiger partial charge in [-0.3, -0.25) is 4.79 Å². The molecule has 3 N–H and O–H groups in total. The average molecular weight is 377 g/mol. The Kier molecular flexibility index (Phi) is 5.45. The number of carbonyl (C=O) groups is 1. The Morgan fingerprint density at radius 3 is 2.14 bits per heavy atom. The molecule has 0 unspecified atom stereocenters. The summed E-state index contributed by atoms with van der Waals surface area (Å²) in [6.45, 7) is 4.71. The number of benzene rings is 2. The van der Waals surface area contributed by atoms with E-state index in [9.17, 15) is 9.90 Å². The zero-order valence-corrected chi connectivity index (χ0v) is 16.9. The van der Waals surface area contributed by atoms with Crippen molar-refractivity contribution in [3.63, 3.8) is 0 Å². The van der Waals surface area contributed by atoms with E-state index in [-0.39, 0.29) is 5.75 Å². The van der Waals surface area contributed by atoms with Gasteiger partial charge in [-0.05, 0) is 55.7 Å². The maximum Gasteiger partial charge on any atom is 0.251 e. The molecule has 3 rings (SSSR count). The summed E-state index contributed by atoms with van der Waals surface area (Å²) in [6, 6.07) is 15.4. The van der Waals surface area contributed by atoms with Crippen LogP contribution in [0.25, 0.3) is 11.1 Å². The molecule has 0 aliphatic carbocycles. The first-order valence-electron chi connectivity index (χ1n) is 9.34. The molecule has 1 aromatic heterocycles. The van der Waals surface area contributed by atoms with Gasteiger partial charge in [0.25, 0.3) is 5.91 Å². The van der Waals surface area contributed by atoms with E-state index in [1.807, 2.05) is 69.2 Å². The minimum absolute atomic E-state index is 0.261. The number of anilines is 1. The number of phenolic OH excluding ortho intramolecular Hbond substituents is 1. The molecular formula is C23H27N3O2. The molecule has 0 atom stereocenters. The lowest BCUT2D eigenvalue weighted by Crippen LogP contribution is -2.14. The number of aryl methyl sites for hydroxylation is 1. The Hall–Kier alpha value is -3.21. The SMILES string of the molecule is Cc1c(C(N)=O)c(-c2ccc(N(C)C)cc2)c(C)n1CCc1ccc(O)cc1. The van der Waals surface area contributed by atoms with Crippen molar-refractivity contribution in [1.82, 2.24) is 4.57 Å². The van der Waals surface area contributed by atoms with Gasteiger partial charge >= 0.3 is 0 Å². The molecule has 3 aromatic rings. The van der Waals surface area contributed by atoms with Crippen molar-refractivity contribution >= 4 is 11.6 Å². The van der Waals surface area contributed by atoms with Crippen LogP contribution in [0.2, 0.25) is 0 Å².